The maximum Gasteiger partial charge on any atom is 0.108 e. The van der Waals surface area contributed by atoms with E-state index >= 15 is 0 Å². The molecule has 0 aliphatic carbocycles. The Kier molecular flexibility index (Phi) is 2.93. The average molecular weight is 251 g/mol. The van der Waals surface area contributed by atoms with Gasteiger partial charge in [0.05, 0.1) is 11.0 Å². The van der Waals surface area contributed by atoms with Gasteiger partial charge in [-0.05, 0) is 24.6 Å². The van der Waals surface area contributed by atoms with Gasteiger partial charge in [-0.1, -0.05) is 12.1 Å². The SMILES string of the molecule is Cc1ccncc1C(O)c1cccc2nccnc12. The van der Waals surface area contributed by atoms with Crippen LogP contribution in [0.3, 0.4) is 0 Å². The van der Waals surface area contributed by atoms with E-state index in [0.29, 0.717) is 0 Å². The van der Waals surface area contributed by atoms with Gasteiger partial charge in [0.1, 0.15) is 6.10 Å². The fourth-order valence-electron chi connectivity index (χ4n) is 2.17. The summed E-state index contributed by atoms with van der Waals surface area (Å²) in [7, 11) is 0. The van der Waals surface area contributed by atoms with Crippen LogP contribution in [0.15, 0.2) is 49.1 Å². The molecule has 0 fully saturated rings. The molecule has 4 heteroatoms. The zero-order valence-electron chi connectivity index (χ0n) is 10.5. The van der Waals surface area contributed by atoms with Crippen molar-refractivity contribution in [3.63, 3.8) is 0 Å². The fraction of sp³-hybridized carbons (Fsp3) is 0.133. The second kappa shape index (κ2) is 4.74. The van der Waals surface area contributed by atoms with E-state index in [9.17, 15) is 5.11 Å². The molecule has 1 unspecified atom stereocenters. The quantitative estimate of drug-likeness (QED) is 0.760. The number of para-hydroxylation sites is 1. The van der Waals surface area contributed by atoms with Crippen molar-refractivity contribution in [1.29, 1.82) is 0 Å². The number of hydrogen-bond acceptors (Lipinski definition) is 4. The molecule has 0 radical (unpaired) electrons. The zero-order valence-corrected chi connectivity index (χ0v) is 10.5. The first-order valence-corrected chi connectivity index (χ1v) is 6.05. The molecule has 0 bridgehead atoms. The summed E-state index contributed by atoms with van der Waals surface area (Å²) in [5.74, 6) is 0. The van der Waals surface area contributed by atoms with Gasteiger partial charge in [-0.3, -0.25) is 15.0 Å². The molecule has 2 heterocycles. The van der Waals surface area contributed by atoms with Gasteiger partial charge in [0.2, 0.25) is 0 Å². The van der Waals surface area contributed by atoms with Crippen LogP contribution in [0, 0.1) is 6.92 Å². The van der Waals surface area contributed by atoms with E-state index < -0.39 is 6.10 Å². The molecule has 3 aromatic rings. The van der Waals surface area contributed by atoms with E-state index in [2.05, 4.69) is 15.0 Å². The van der Waals surface area contributed by atoms with E-state index in [0.717, 1.165) is 27.7 Å². The summed E-state index contributed by atoms with van der Waals surface area (Å²) in [4.78, 5) is 12.6. The predicted octanol–water partition coefficient (Wildman–Crippen LogP) is 2.41. The molecule has 1 aromatic carbocycles. The first kappa shape index (κ1) is 11.7. The predicted molar refractivity (Wildman–Crippen MR) is 72.6 cm³/mol. The van der Waals surface area contributed by atoms with Gasteiger partial charge in [-0.2, -0.15) is 0 Å². The molecular weight excluding hydrogens is 238 g/mol. The summed E-state index contributed by atoms with van der Waals surface area (Å²) in [5, 5.41) is 10.6. The Morgan fingerprint density at radius 1 is 1.00 bits per heavy atom. The van der Waals surface area contributed by atoms with Gasteiger partial charge in [0.15, 0.2) is 0 Å². The molecule has 0 spiro atoms. The standard InChI is InChI=1S/C15H13N3O/c1-10-5-6-16-9-12(10)15(19)11-3-2-4-13-14(11)18-8-7-17-13/h2-9,15,19H,1H3. The molecule has 0 saturated carbocycles. The number of aliphatic hydroxyl groups excluding tert-OH is 1. The van der Waals surface area contributed by atoms with Crippen LogP contribution in [0.25, 0.3) is 11.0 Å². The lowest BCUT2D eigenvalue weighted by atomic mass is 9.98. The molecule has 19 heavy (non-hydrogen) atoms. The summed E-state index contributed by atoms with van der Waals surface area (Å²) < 4.78 is 0. The van der Waals surface area contributed by atoms with Crippen molar-refractivity contribution in [2.75, 3.05) is 0 Å². The van der Waals surface area contributed by atoms with Crippen molar-refractivity contribution in [2.45, 2.75) is 13.0 Å². The van der Waals surface area contributed by atoms with E-state index in [1.807, 2.05) is 31.2 Å². The average Bonchev–Trinajstić information content (AvgIpc) is 2.46. The number of aromatic nitrogens is 3. The topological polar surface area (TPSA) is 58.9 Å². The van der Waals surface area contributed by atoms with Crippen LogP contribution in [0.1, 0.15) is 22.8 Å². The number of aryl methyl sites for hydroxylation is 1. The third-order valence-corrected chi connectivity index (χ3v) is 3.20. The van der Waals surface area contributed by atoms with Gasteiger partial charge in [0.25, 0.3) is 0 Å². The molecule has 0 amide bonds. The van der Waals surface area contributed by atoms with Gasteiger partial charge in [0, 0.05) is 35.9 Å². The molecule has 0 aliphatic rings. The van der Waals surface area contributed by atoms with Crippen molar-refractivity contribution in [3.8, 4) is 0 Å². The Bertz CT molecular complexity index is 722. The lowest BCUT2D eigenvalue weighted by molar-refractivity contribution is 0.220. The molecule has 4 nitrogen and oxygen atoms in total. The van der Waals surface area contributed by atoms with Gasteiger partial charge in [-0.15, -0.1) is 0 Å². The summed E-state index contributed by atoms with van der Waals surface area (Å²) in [6, 6.07) is 7.51. The lowest BCUT2D eigenvalue weighted by Crippen LogP contribution is -2.04. The minimum absolute atomic E-state index is 0.723. The third-order valence-electron chi connectivity index (χ3n) is 3.20. The van der Waals surface area contributed by atoms with Crippen LogP contribution in [-0.4, -0.2) is 20.1 Å². The summed E-state index contributed by atoms with van der Waals surface area (Å²) >= 11 is 0. The number of fused-ring (bicyclic) bond motifs is 1. The van der Waals surface area contributed by atoms with Crippen LogP contribution in [0.5, 0.6) is 0 Å². The monoisotopic (exact) mass is 251 g/mol. The van der Waals surface area contributed by atoms with Crippen molar-refractivity contribution in [1.82, 2.24) is 15.0 Å². The molecule has 2 aromatic heterocycles. The second-order valence-electron chi connectivity index (χ2n) is 4.41. The fourth-order valence-corrected chi connectivity index (χ4v) is 2.17. The summed E-state index contributed by atoms with van der Waals surface area (Å²) in [6.45, 7) is 1.96. The highest BCUT2D eigenvalue weighted by Gasteiger charge is 2.16. The number of aliphatic hydroxyl groups is 1. The largest absolute Gasteiger partial charge is 0.384 e. The highest BCUT2D eigenvalue weighted by Crippen LogP contribution is 2.27. The number of pyridine rings is 1. The van der Waals surface area contributed by atoms with Crippen LogP contribution in [0.2, 0.25) is 0 Å². The number of benzene rings is 1. The smallest absolute Gasteiger partial charge is 0.108 e. The van der Waals surface area contributed by atoms with E-state index in [1.165, 1.54) is 0 Å². The van der Waals surface area contributed by atoms with E-state index in [1.54, 1.807) is 24.8 Å². The highest BCUT2D eigenvalue weighted by atomic mass is 16.3. The van der Waals surface area contributed by atoms with E-state index in [-0.39, 0.29) is 0 Å². The van der Waals surface area contributed by atoms with Crippen LogP contribution < -0.4 is 0 Å². The Morgan fingerprint density at radius 2 is 1.84 bits per heavy atom. The van der Waals surface area contributed by atoms with E-state index in [4.69, 9.17) is 0 Å². The maximum absolute atomic E-state index is 10.6. The molecule has 94 valence electrons. The van der Waals surface area contributed by atoms with Gasteiger partial charge >= 0.3 is 0 Å². The normalized spacial score (nSPS) is 12.5. The van der Waals surface area contributed by atoms with Crippen molar-refractivity contribution >= 4 is 11.0 Å². The Hall–Kier alpha value is -2.33. The van der Waals surface area contributed by atoms with Crippen molar-refractivity contribution < 1.29 is 5.11 Å². The highest BCUT2D eigenvalue weighted by molar-refractivity contribution is 5.78. The number of rotatable bonds is 2. The van der Waals surface area contributed by atoms with Gasteiger partial charge < -0.3 is 5.11 Å². The van der Waals surface area contributed by atoms with Gasteiger partial charge in [-0.25, -0.2) is 0 Å². The lowest BCUT2D eigenvalue weighted by Gasteiger charge is -2.14. The third kappa shape index (κ3) is 2.06. The van der Waals surface area contributed by atoms with Crippen molar-refractivity contribution in [2.24, 2.45) is 0 Å². The second-order valence-corrected chi connectivity index (χ2v) is 4.41. The first-order chi connectivity index (χ1) is 9.27. The Morgan fingerprint density at radius 3 is 2.68 bits per heavy atom. The minimum Gasteiger partial charge on any atom is -0.384 e. The van der Waals surface area contributed by atoms with Crippen LogP contribution >= 0.6 is 0 Å². The molecule has 3 rings (SSSR count). The van der Waals surface area contributed by atoms with Crippen LogP contribution in [0.4, 0.5) is 0 Å². The number of hydrogen-bond donors (Lipinski definition) is 1. The number of nitrogens with zero attached hydrogens (tertiary/aromatic N) is 3. The molecule has 0 aliphatic heterocycles. The molecule has 1 atom stereocenters. The molecular formula is C15H13N3O. The minimum atomic E-state index is -0.742. The zero-order chi connectivity index (χ0) is 13.2. The first-order valence-electron chi connectivity index (χ1n) is 6.05. The van der Waals surface area contributed by atoms with Crippen LogP contribution in [-0.2, 0) is 0 Å². The maximum atomic E-state index is 10.6. The van der Waals surface area contributed by atoms with Crippen molar-refractivity contribution in [3.05, 3.63) is 65.7 Å². The molecule has 0 saturated heterocycles. The summed E-state index contributed by atoms with van der Waals surface area (Å²) in [5.41, 5.74) is 4.05. The summed E-state index contributed by atoms with van der Waals surface area (Å²) in [6.07, 6.45) is 5.95. The Balaban J connectivity index is 2.17. The molecule has 1 N–H and O–H groups in total. The Labute approximate surface area is 110 Å².